The van der Waals surface area contributed by atoms with E-state index in [9.17, 15) is 0 Å². The Balaban J connectivity index is 2.22. The lowest BCUT2D eigenvalue weighted by Gasteiger charge is -2.13. The van der Waals surface area contributed by atoms with Crippen molar-refractivity contribution in [1.82, 2.24) is 9.97 Å². The second kappa shape index (κ2) is 6.45. The molecule has 0 aliphatic heterocycles. The number of rotatable bonds is 6. The zero-order valence-electron chi connectivity index (χ0n) is 10.3. The molecule has 17 heavy (non-hydrogen) atoms. The summed E-state index contributed by atoms with van der Waals surface area (Å²) in [7, 11) is 0. The number of unbranched alkanes of at least 4 members (excludes halogenated alkanes) is 1. The largest absolute Gasteiger partial charge is 0.381 e. The van der Waals surface area contributed by atoms with Gasteiger partial charge in [0.05, 0.1) is 11.5 Å². The van der Waals surface area contributed by atoms with Gasteiger partial charge in [-0.05, 0) is 32.4 Å². The van der Waals surface area contributed by atoms with E-state index < -0.39 is 0 Å². The fourth-order valence-electron chi connectivity index (χ4n) is 1.34. The van der Waals surface area contributed by atoms with E-state index in [1.807, 2.05) is 13.8 Å². The summed E-state index contributed by atoms with van der Waals surface area (Å²) in [5.41, 5.74) is 5.48. The maximum absolute atomic E-state index is 8.87. The molecule has 0 radical (unpaired) electrons. The number of anilines is 1. The molecule has 2 N–H and O–H groups in total. The Kier molecular flexibility index (Phi) is 5.23. The van der Waals surface area contributed by atoms with Gasteiger partial charge >= 0.3 is 0 Å². The van der Waals surface area contributed by atoms with Gasteiger partial charge in [0, 0.05) is 12.4 Å². The minimum Gasteiger partial charge on any atom is -0.381 e. The molecule has 0 spiro atoms. The molecule has 0 aromatic carbocycles. The van der Waals surface area contributed by atoms with Crippen LogP contribution in [0.25, 0.3) is 0 Å². The van der Waals surface area contributed by atoms with Gasteiger partial charge in [0.2, 0.25) is 0 Å². The first kappa shape index (κ1) is 13.8. The van der Waals surface area contributed by atoms with Crippen molar-refractivity contribution in [2.24, 2.45) is 5.41 Å². The second-order valence-corrected chi connectivity index (χ2v) is 5.63. The highest BCUT2D eigenvalue weighted by Crippen LogP contribution is 2.25. The lowest BCUT2D eigenvalue weighted by atomic mass is 9.89. The number of aromatic nitrogens is 2. The van der Waals surface area contributed by atoms with Gasteiger partial charge in [-0.25, -0.2) is 9.97 Å². The first-order valence-corrected chi connectivity index (χ1v) is 6.64. The quantitative estimate of drug-likeness (QED) is 0.620. The molecule has 5 heteroatoms. The fourth-order valence-corrected chi connectivity index (χ4v) is 2.22. The third-order valence-electron chi connectivity index (χ3n) is 2.43. The summed E-state index contributed by atoms with van der Waals surface area (Å²) in [4.78, 5) is 8.15. The van der Waals surface area contributed by atoms with Gasteiger partial charge in [0.25, 0.3) is 0 Å². The predicted molar refractivity (Wildman–Crippen MR) is 70.4 cm³/mol. The van der Waals surface area contributed by atoms with Crippen LogP contribution in [-0.2, 0) is 0 Å². The third-order valence-corrected chi connectivity index (χ3v) is 3.51. The fraction of sp³-hybridized carbons (Fsp3) is 0.583. The zero-order valence-corrected chi connectivity index (χ0v) is 11.1. The summed E-state index contributed by atoms with van der Waals surface area (Å²) in [6.07, 6.45) is 6.28. The summed E-state index contributed by atoms with van der Waals surface area (Å²) in [5, 5.41) is 9.67. The van der Waals surface area contributed by atoms with Crippen molar-refractivity contribution in [1.29, 1.82) is 5.26 Å². The summed E-state index contributed by atoms with van der Waals surface area (Å²) in [5.74, 6) is 1.46. The smallest absolute Gasteiger partial charge is 0.156 e. The number of nitrogens with zero attached hydrogens (tertiary/aromatic N) is 3. The van der Waals surface area contributed by atoms with Crippen molar-refractivity contribution >= 4 is 17.6 Å². The van der Waals surface area contributed by atoms with Gasteiger partial charge in [0.15, 0.2) is 5.82 Å². The minimum absolute atomic E-state index is 0.212. The van der Waals surface area contributed by atoms with E-state index in [1.165, 1.54) is 0 Å². The molecule has 0 atom stereocenters. The molecule has 0 saturated carbocycles. The number of nitrogens with two attached hydrogens (primary N) is 1. The highest BCUT2D eigenvalue weighted by atomic mass is 32.2. The monoisotopic (exact) mass is 250 g/mol. The van der Waals surface area contributed by atoms with Crippen LogP contribution < -0.4 is 5.73 Å². The molecule has 1 heterocycles. The average Bonchev–Trinajstić information content (AvgIpc) is 2.31. The van der Waals surface area contributed by atoms with Gasteiger partial charge in [-0.2, -0.15) is 5.26 Å². The van der Waals surface area contributed by atoms with Crippen LogP contribution in [0.3, 0.4) is 0 Å². The molecular weight excluding hydrogens is 232 g/mol. The van der Waals surface area contributed by atoms with Crippen molar-refractivity contribution in [2.75, 3.05) is 11.5 Å². The number of hydrogen-bond acceptors (Lipinski definition) is 5. The molecule has 0 aliphatic rings. The topological polar surface area (TPSA) is 75.6 Å². The Bertz CT molecular complexity index is 398. The third kappa shape index (κ3) is 5.05. The molecule has 0 aliphatic carbocycles. The molecule has 1 aromatic heterocycles. The normalized spacial score (nSPS) is 11.1. The molecule has 92 valence electrons. The highest BCUT2D eigenvalue weighted by Gasteiger charge is 2.15. The highest BCUT2D eigenvalue weighted by molar-refractivity contribution is 7.99. The van der Waals surface area contributed by atoms with Gasteiger partial charge < -0.3 is 5.73 Å². The van der Waals surface area contributed by atoms with E-state index in [2.05, 4.69) is 16.0 Å². The molecule has 0 fully saturated rings. The van der Waals surface area contributed by atoms with Gasteiger partial charge in [-0.15, -0.1) is 11.8 Å². The molecule has 0 amide bonds. The SMILES string of the molecule is CC(C)(C#N)CCCCSc1nccnc1N. The van der Waals surface area contributed by atoms with Gasteiger partial charge in [0.1, 0.15) is 5.03 Å². The average molecular weight is 250 g/mol. The minimum atomic E-state index is -0.212. The number of nitrogen functional groups attached to an aromatic ring is 1. The van der Waals surface area contributed by atoms with Crippen LogP contribution >= 0.6 is 11.8 Å². The van der Waals surface area contributed by atoms with Crippen molar-refractivity contribution < 1.29 is 0 Å². The molecule has 0 bridgehead atoms. The molecule has 0 saturated heterocycles. The zero-order chi connectivity index (χ0) is 12.7. The van der Waals surface area contributed by atoms with E-state index in [0.29, 0.717) is 5.82 Å². The molecule has 4 nitrogen and oxygen atoms in total. The van der Waals surface area contributed by atoms with Crippen LogP contribution in [0.15, 0.2) is 17.4 Å². The number of hydrogen-bond donors (Lipinski definition) is 1. The first-order chi connectivity index (χ1) is 8.05. The van der Waals surface area contributed by atoms with E-state index in [0.717, 1.165) is 30.0 Å². The second-order valence-electron chi connectivity index (χ2n) is 4.55. The van der Waals surface area contributed by atoms with Crippen LogP contribution in [-0.4, -0.2) is 15.7 Å². The van der Waals surface area contributed by atoms with Gasteiger partial charge in [-0.3, -0.25) is 0 Å². The lowest BCUT2D eigenvalue weighted by molar-refractivity contribution is 0.433. The summed E-state index contributed by atoms with van der Waals surface area (Å²) >= 11 is 1.62. The van der Waals surface area contributed by atoms with Crippen molar-refractivity contribution in [2.45, 2.75) is 38.1 Å². The van der Waals surface area contributed by atoms with Crippen molar-refractivity contribution in [3.63, 3.8) is 0 Å². The van der Waals surface area contributed by atoms with Crippen LogP contribution in [0, 0.1) is 16.7 Å². The lowest BCUT2D eigenvalue weighted by Crippen LogP contribution is -2.07. The molecule has 0 unspecified atom stereocenters. The summed E-state index contributed by atoms with van der Waals surface area (Å²) < 4.78 is 0. The Labute approximate surface area is 107 Å². The van der Waals surface area contributed by atoms with Crippen LogP contribution in [0.1, 0.15) is 33.1 Å². The first-order valence-electron chi connectivity index (χ1n) is 5.66. The Morgan fingerprint density at radius 3 is 2.71 bits per heavy atom. The number of nitriles is 1. The van der Waals surface area contributed by atoms with E-state index in [-0.39, 0.29) is 5.41 Å². The Hall–Kier alpha value is -1.28. The van der Waals surface area contributed by atoms with Crippen molar-refractivity contribution in [3.8, 4) is 6.07 Å². The van der Waals surface area contributed by atoms with E-state index in [4.69, 9.17) is 11.0 Å². The van der Waals surface area contributed by atoms with Crippen LogP contribution in [0.4, 0.5) is 5.82 Å². The van der Waals surface area contributed by atoms with Crippen molar-refractivity contribution in [3.05, 3.63) is 12.4 Å². The van der Waals surface area contributed by atoms with E-state index in [1.54, 1.807) is 24.2 Å². The molecular formula is C12H18N4S. The summed E-state index contributed by atoms with van der Waals surface area (Å²) in [6, 6.07) is 2.31. The number of thioether (sulfide) groups is 1. The summed E-state index contributed by atoms with van der Waals surface area (Å²) in [6.45, 7) is 3.95. The Morgan fingerprint density at radius 1 is 1.35 bits per heavy atom. The van der Waals surface area contributed by atoms with Crippen LogP contribution in [0.2, 0.25) is 0 Å². The Morgan fingerprint density at radius 2 is 2.06 bits per heavy atom. The predicted octanol–water partition coefficient (Wildman–Crippen LogP) is 2.87. The molecule has 1 aromatic rings. The van der Waals surface area contributed by atoms with E-state index >= 15 is 0 Å². The molecule has 1 rings (SSSR count). The van der Waals surface area contributed by atoms with Crippen LogP contribution in [0.5, 0.6) is 0 Å². The maximum atomic E-state index is 8.87. The maximum Gasteiger partial charge on any atom is 0.156 e. The standard InChI is InChI=1S/C12H18N4S/c1-12(2,9-13)5-3-4-8-17-11-10(14)15-6-7-16-11/h6-7H,3-5,8H2,1-2H3,(H2,14,15). The van der Waals surface area contributed by atoms with Gasteiger partial charge in [-0.1, -0.05) is 6.42 Å².